The Labute approximate surface area is 188 Å². The molecule has 0 aliphatic heterocycles. The van der Waals surface area contributed by atoms with Crippen LogP contribution < -0.4 is 4.72 Å². The average Bonchev–Trinajstić information content (AvgIpc) is 3.16. The van der Waals surface area contributed by atoms with Crippen LogP contribution in [0.1, 0.15) is 21.5 Å². The van der Waals surface area contributed by atoms with E-state index >= 15 is 0 Å². The molecule has 4 aromatic rings. The number of nitrogens with one attached hydrogen (secondary N) is 1. The molecule has 0 saturated carbocycles. The van der Waals surface area contributed by atoms with Crippen LogP contribution in [0.15, 0.2) is 60.7 Å². The molecule has 1 aromatic heterocycles. The molecule has 1 N–H and O–H groups in total. The summed E-state index contributed by atoms with van der Waals surface area (Å²) < 4.78 is 40.1. The van der Waals surface area contributed by atoms with E-state index < -0.39 is 21.7 Å². The molecule has 0 aliphatic rings. The number of halogens is 1. The predicted octanol–water partition coefficient (Wildman–Crippen LogP) is 3.26. The van der Waals surface area contributed by atoms with Crippen LogP contribution in [0, 0.1) is 28.5 Å². The summed E-state index contributed by atoms with van der Waals surface area (Å²) in [7, 11) is -3.78. The maximum atomic E-state index is 14.1. The summed E-state index contributed by atoms with van der Waals surface area (Å²) in [6.07, 6.45) is 0.850. The largest absolute Gasteiger partial charge is 0.268 e. The summed E-state index contributed by atoms with van der Waals surface area (Å²) in [6.45, 7) is 0. The van der Waals surface area contributed by atoms with Gasteiger partial charge in [0.1, 0.15) is 17.6 Å². The first-order chi connectivity index (χ1) is 15.7. The fourth-order valence-electron chi connectivity index (χ4n) is 3.40. The van der Waals surface area contributed by atoms with Gasteiger partial charge in [-0.2, -0.15) is 15.6 Å². The number of nitriles is 2. The van der Waals surface area contributed by atoms with E-state index in [1.165, 1.54) is 41.1 Å². The molecule has 0 saturated heterocycles. The molecule has 4 rings (SSSR count). The number of carbonyl (C=O) groups excluding carboxylic acids is 1. The Hall–Kier alpha value is -4.54. The lowest BCUT2D eigenvalue weighted by Crippen LogP contribution is -2.29. The summed E-state index contributed by atoms with van der Waals surface area (Å²) >= 11 is 0. The first-order valence-corrected chi connectivity index (χ1v) is 11.3. The second-order valence-electron chi connectivity index (χ2n) is 7.16. The lowest BCUT2D eigenvalue weighted by atomic mass is 10.1. The van der Waals surface area contributed by atoms with E-state index in [0.717, 1.165) is 6.26 Å². The molecule has 33 heavy (non-hydrogen) atoms. The van der Waals surface area contributed by atoms with Crippen molar-refractivity contribution in [3.05, 3.63) is 83.2 Å². The summed E-state index contributed by atoms with van der Waals surface area (Å²) in [5.41, 5.74) is 2.25. The van der Waals surface area contributed by atoms with E-state index in [1.807, 2.05) is 10.8 Å². The molecule has 0 spiro atoms. The fourth-order valence-corrected chi connectivity index (χ4v) is 3.86. The lowest BCUT2D eigenvalue weighted by molar-refractivity contribution is 0.0981. The smallest absolute Gasteiger partial charge is 0.264 e. The van der Waals surface area contributed by atoms with Gasteiger partial charge >= 0.3 is 0 Å². The number of rotatable bonds is 4. The van der Waals surface area contributed by atoms with E-state index in [1.54, 1.807) is 24.3 Å². The van der Waals surface area contributed by atoms with Crippen molar-refractivity contribution in [1.29, 1.82) is 10.5 Å². The third-order valence-corrected chi connectivity index (χ3v) is 5.35. The van der Waals surface area contributed by atoms with E-state index in [4.69, 9.17) is 0 Å². The van der Waals surface area contributed by atoms with E-state index in [9.17, 15) is 28.1 Å². The van der Waals surface area contributed by atoms with Crippen molar-refractivity contribution >= 4 is 26.8 Å². The van der Waals surface area contributed by atoms with Crippen LogP contribution in [-0.2, 0) is 10.0 Å². The van der Waals surface area contributed by atoms with Crippen molar-refractivity contribution in [2.24, 2.45) is 0 Å². The number of benzene rings is 3. The molecule has 0 aliphatic carbocycles. The fraction of sp³-hybridized carbons (Fsp3) is 0.0435. The van der Waals surface area contributed by atoms with Crippen LogP contribution in [-0.4, -0.2) is 30.4 Å². The highest BCUT2D eigenvalue weighted by Gasteiger charge is 2.19. The van der Waals surface area contributed by atoms with Crippen molar-refractivity contribution < 1.29 is 17.6 Å². The van der Waals surface area contributed by atoms with Gasteiger partial charge in [-0.05, 0) is 48.5 Å². The van der Waals surface area contributed by atoms with Gasteiger partial charge in [0.05, 0.1) is 34.7 Å². The molecule has 1 amide bonds. The summed E-state index contributed by atoms with van der Waals surface area (Å²) in [6, 6.07) is 18.9. The third kappa shape index (κ3) is 4.28. The van der Waals surface area contributed by atoms with Crippen molar-refractivity contribution in [3.63, 3.8) is 0 Å². The van der Waals surface area contributed by atoms with E-state index in [2.05, 4.69) is 11.2 Å². The molecule has 3 aromatic carbocycles. The number of aromatic nitrogens is 2. The highest BCUT2D eigenvalue weighted by Crippen LogP contribution is 2.32. The molecule has 1 heterocycles. The Kier molecular flexibility index (Phi) is 5.38. The van der Waals surface area contributed by atoms with Crippen LogP contribution in [0.5, 0.6) is 0 Å². The van der Waals surface area contributed by atoms with Gasteiger partial charge in [-0.25, -0.2) is 22.2 Å². The second kappa shape index (κ2) is 8.19. The van der Waals surface area contributed by atoms with Crippen LogP contribution >= 0.6 is 0 Å². The molecule has 0 atom stereocenters. The standard InChI is InChI=1S/C23H14FN5O3S/c1-33(31,32)28-23(30)16-5-7-20(17(10-16)13-26)29-21-8-6-18(24)11-19(21)22(27-29)15-4-2-3-14(9-15)12-25/h2-11H,1H3,(H,28,30). The molecular weight excluding hydrogens is 445 g/mol. The molecule has 162 valence electrons. The van der Waals surface area contributed by atoms with Gasteiger partial charge in [0, 0.05) is 16.5 Å². The second-order valence-corrected chi connectivity index (χ2v) is 8.91. The Morgan fingerprint density at radius 1 is 1.06 bits per heavy atom. The molecule has 0 radical (unpaired) electrons. The maximum Gasteiger partial charge on any atom is 0.264 e. The number of fused-ring (bicyclic) bond motifs is 1. The number of sulfonamides is 1. The zero-order valence-corrected chi connectivity index (χ0v) is 17.9. The summed E-state index contributed by atoms with van der Waals surface area (Å²) in [5, 5.41) is 24.0. The van der Waals surface area contributed by atoms with Crippen LogP contribution in [0.2, 0.25) is 0 Å². The van der Waals surface area contributed by atoms with Crippen molar-refractivity contribution in [2.45, 2.75) is 0 Å². The summed E-state index contributed by atoms with van der Waals surface area (Å²) in [4.78, 5) is 12.2. The van der Waals surface area contributed by atoms with Gasteiger partial charge in [0.15, 0.2) is 0 Å². The normalized spacial score (nSPS) is 11.0. The highest BCUT2D eigenvalue weighted by atomic mass is 32.2. The predicted molar refractivity (Wildman–Crippen MR) is 118 cm³/mol. The van der Waals surface area contributed by atoms with Crippen molar-refractivity contribution in [1.82, 2.24) is 14.5 Å². The Balaban J connectivity index is 1.91. The number of hydrogen-bond acceptors (Lipinski definition) is 6. The van der Waals surface area contributed by atoms with E-state index in [0.29, 0.717) is 33.4 Å². The minimum absolute atomic E-state index is 0.0230. The third-order valence-electron chi connectivity index (χ3n) is 4.79. The van der Waals surface area contributed by atoms with Crippen molar-refractivity contribution in [3.8, 4) is 29.1 Å². The number of amides is 1. The molecule has 0 fully saturated rings. The lowest BCUT2D eigenvalue weighted by Gasteiger charge is -2.08. The molecule has 8 nitrogen and oxygen atoms in total. The summed E-state index contributed by atoms with van der Waals surface area (Å²) in [5.74, 6) is -1.35. The number of nitrogens with zero attached hydrogens (tertiary/aromatic N) is 4. The van der Waals surface area contributed by atoms with Crippen LogP contribution in [0.3, 0.4) is 0 Å². The van der Waals surface area contributed by atoms with Gasteiger partial charge in [0.25, 0.3) is 5.91 Å². The number of hydrogen-bond donors (Lipinski definition) is 1. The quantitative estimate of drug-likeness (QED) is 0.499. The monoisotopic (exact) mass is 459 g/mol. The van der Waals surface area contributed by atoms with Gasteiger partial charge in [0.2, 0.25) is 10.0 Å². The Morgan fingerprint density at radius 2 is 1.85 bits per heavy atom. The maximum absolute atomic E-state index is 14.1. The van der Waals surface area contributed by atoms with Gasteiger partial charge < -0.3 is 0 Å². The first kappa shape index (κ1) is 21.7. The Bertz CT molecular complexity index is 1630. The van der Waals surface area contributed by atoms with Gasteiger partial charge in [-0.3, -0.25) is 4.79 Å². The first-order valence-electron chi connectivity index (χ1n) is 9.45. The number of carbonyl (C=O) groups is 1. The molecule has 0 bridgehead atoms. The topological polar surface area (TPSA) is 129 Å². The van der Waals surface area contributed by atoms with Crippen LogP contribution in [0.25, 0.3) is 27.8 Å². The van der Waals surface area contributed by atoms with E-state index in [-0.39, 0.29) is 11.1 Å². The molecule has 10 heteroatoms. The molecule has 0 unspecified atom stereocenters. The average molecular weight is 459 g/mol. The highest BCUT2D eigenvalue weighted by molar-refractivity contribution is 7.89. The van der Waals surface area contributed by atoms with Crippen molar-refractivity contribution in [2.75, 3.05) is 6.26 Å². The van der Waals surface area contributed by atoms with Gasteiger partial charge in [-0.1, -0.05) is 12.1 Å². The van der Waals surface area contributed by atoms with Crippen LogP contribution in [0.4, 0.5) is 4.39 Å². The molecular formula is C23H14FN5O3S. The SMILES string of the molecule is CS(=O)(=O)NC(=O)c1ccc(-n2nc(-c3cccc(C#N)c3)c3cc(F)ccc32)c(C#N)c1. The van der Waals surface area contributed by atoms with Gasteiger partial charge in [-0.15, -0.1) is 0 Å². The minimum Gasteiger partial charge on any atom is -0.268 e. The Morgan fingerprint density at radius 3 is 2.55 bits per heavy atom. The minimum atomic E-state index is -3.78. The zero-order chi connectivity index (χ0) is 23.8. The zero-order valence-electron chi connectivity index (χ0n) is 17.1.